The number of hydrogen-bond donors (Lipinski definition) is 3. The fourth-order valence-corrected chi connectivity index (χ4v) is 1.94. The van der Waals surface area contributed by atoms with Crippen LogP contribution >= 0.6 is 0 Å². The van der Waals surface area contributed by atoms with E-state index in [4.69, 9.17) is 10.2 Å². The van der Waals surface area contributed by atoms with E-state index < -0.39 is 6.09 Å². The number of nitrogens with one attached hydrogen (secondary N) is 1. The molecule has 0 aromatic heterocycles. The van der Waals surface area contributed by atoms with Crippen molar-refractivity contribution in [1.82, 2.24) is 5.32 Å². The SMILES string of the molecule is CC1(CC[C@H](CO)NC(=O)O)CCC1. The molecule has 1 rings (SSSR count). The van der Waals surface area contributed by atoms with Gasteiger partial charge in [-0.3, -0.25) is 0 Å². The predicted molar refractivity (Wildman–Crippen MR) is 53.2 cm³/mol. The zero-order valence-corrected chi connectivity index (χ0v) is 8.62. The molecule has 0 radical (unpaired) electrons. The first kappa shape index (κ1) is 11.3. The van der Waals surface area contributed by atoms with Crippen LogP contribution in [0.15, 0.2) is 0 Å². The van der Waals surface area contributed by atoms with Crippen molar-refractivity contribution < 1.29 is 15.0 Å². The smallest absolute Gasteiger partial charge is 0.404 e. The molecule has 1 amide bonds. The van der Waals surface area contributed by atoms with E-state index in [-0.39, 0.29) is 12.6 Å². The largest absolute Gasteiger partial charge is 0.465 e. The van der Waals surface area contributed by atoms with Crippen LogP contribution in [0.5, 0.6) is 0 Å². The number of rotatable bonds is 5. The molecule has 0 unspecified atom stereocenters. The summed E-state index contributed by atoms with van der Waals surface area (Å²) < 4.78 is 0. The van der Waals surface area contributed by atoms with E-state index in [2.05, 4.69) is 12.2 Å². The Morgan fingerprint density at radius 1 is 1.57 bits per heavy atom. The first-order valence-corrected chi connectivity index (χ1v) is 5.16. The van der Waals surface area contributed by atoms with Crippen LogP contribution < -0.4 is 5.32 Å². The first-order chi connectivity index (χ1) is 6.56. The van der Waals surface area contributed by atoms with Crippen LogP contribution in [-0.4, -0.2) is 29.0 Å². The molecule has 0 aliphatic heterocycles. The summed E-state index contributed by atoms with van der Waals surface area (Å²) in [5, 5.41) is 19.7. The Balaban J connectivity index is 2.23. The zero-order valence-electron chi connectivity index (χ0n) is 8.62. The molecule has 1 saturated carbocycles. The van der Waals surface area contributed by atoms with Crippen molar-refractivity contribution in [2.75, 3.05) is 6.61 Å². The molecule has 82 valence electrons. The molecule has 0 heterocycles. The number of amides is 1. The van der Waals surface area contributed by atoms with Gasteiger partial charge in [0, 0.05) is 0 Å². The summed E-state index contributed by atoms with van der Waals surface area (Å²) in [5.74, 6) is 0. The summed E-state index contributed by atoms with van der Waals surface area (Å²) in [6, 6.07) is -0.301. The van der Waals surface area contributed by atoms with Crippen molar-refractivity contribution in [3.8, 4) is 0 Å². The van der Waals surface area contributed by atoms with Crippen molar-refractivity contribution in [3.05, 3.63) is 0 Å². The Bertz CT molecular complexity index is 202. The molecule has 4 heteroatoms. The lowest BCUT2D eigenvalue weighted by Gasteiger charge is -2.39. The van der Waals surface area contributed by atoms with Gasteiger partial charge >= 0.3 is 6.09 Å². The standard InChI is InChI=1S/C10H19NO3/c1-10(4-2-5-10)6-3-8(7-12)11-9(13)14/h8,11-12H,2-7H2,1H3,(H,13,14)/t8-/m1/s1. The maximum Gasteiger partial charge on any atom is 0.404 e. The molecule has 0 spiro atoms. The van der Waals surface area contributed by atoms with Gasteiger partial charge in [-0.2, -0.15) is 0 Å². The van der Waals surface area contributed by atoms with Gasteiger partial charge < -0.3 is 15.5 Å². The molecule has 14 heavy (non-hydrogen) atoms. The molecule has 0 aromatic rings. The van der Waals surface area contributed by atoms with Crippen LogP contribution in [0, 0.1) is 5.41 Å². The highest BCUT2D eigenvalue weighted by atomic mass is 16.4. The second-order valence-electron chi connectivity index (χ2n) is 4.53. The second kappa shape index (κ2) is 4.64. The number of aliphatic hydroxyl groups excluding tert-OH is 1. The summed E-state index contributed by atoms with van der Waals surface area (Å²) in [6.07, 6.45) is 4.43. The number of aliphatic hydroxyl groups is 1. The van der Waals surface area contributed by atoms with E-state index in [1.807, 2.05) is 0 Å². The van der Waals surface area contributed by atoms with Gasteiger partial charge in [-0.05, 0) is 31.1 Å². The Labute approximate surface area is 84.3 Å². The van der Waals surface area contributed by atoms with E-state index >= 15 is 0 Å². The highest BCUT2D eigenvalue weighted by Gasteiger charge is 2.31. The Morgan fingerprint density at radius 3 is 2.57 bits per heavy atom. The van der Waals surface area contributed by atoms with Gasteiger partial charge in [0.05, 0.1) is 12.6 Å². The van der Waals surface area contributed by atoms with Crippen molar-refractivity contribution in [3.63, 3.8) is 0 Å². The third kappa shape index (κ3) is 3.18. The molecule has 3 N–H and O–H groups in total. The van der Waals surface area contributed by atoms with Crippen molar-refractivity contribution in [2.45, 2.75) is 45.1 Å². The molecule has 1 fully saturated rings. The Kier molecular flexibility index (Phi) is 3.75. The van der Waals surface area contributed by atoms with E-state index in [0.29, 0.717) is 5.41 Å². The van der Waals surface area contributed by atoms with E-state index in [1.54, 1.807) is 0 Å². The third-order valence-corrected chi connectivity index (χ3v) is 3.20. The summed E-state index contributed by atoms with van der Waals surface area (Å²) in [4.78, 5) is 10.4. The molecule has 0 aromatic carbocycles. The number of carbonyl (C=O) groups is 1. The van der Waals surface area contributed by atoms with Crippen LogP contribution in [0.25, 0.3) is 0 Å². The topological polar surface area (TPSA) is 69.6 Å². The van der Waals surface area contributed by atoms with Crippen LogP contribution in [0.3, 0.4) is 0 Å². The Morgan fingerprint density at radius 2 is 2.21 bits per heavy atom. The normalized spacial score (nSPS) is 21.0. The lowest BCUT2D eigenvalue weighted by Crippen LogP contribution is -2.38. The van der Waals surface area contributed by atoms with Gasteiger partial charge in [0.2, 0.25) is 0 Å². The molecule has 1 aliphatic rings. The minimum atomic E-state index is -1.05. The fourth-order valence-electron chi connectivity index (χ4n) is 1.94. The maximum atomic E-state index is 10.4. The van der Waals surface area contributed by atoms with Gasteiger partial charge in [0.25, 0.3) is 0 Å². The zero-order chi connectivity index (χ0) is 10.6. The van der Waals surface area contributed by atoms with E-state index in [0.717, 1.165) is 12.8 Å². The summed E-state index contributed by atoms with van der Waals surface area (Å²) in [6.45, 7) is 2.12. The quantitative estimate of drug-likeness (QED) is 0.632. The van der Waals surface area contributed by atoms with Gasteiger partial charge in [0.15, 0.2) is 0 Å². The number of hydrogen-bond acceptors (Lipinski definition) is 2. The summed E-state index contributed by atoms with van der Waals surface area (Å²) in [7, 11) is 0. The molecule has 0 saturated heterocycles. The van der Waals surface area contributed by atoms with Crippen LogP contribution in [0.1, 0.15) is 39.0 Å². The monoisotopic (exact) mass is 201 g/mol. The molecule has 0 bridgehead atoms. The van der Waals surface area contributed by atoms with Gasteiger partial charge in [-0.15, -0.1) is 0 Å². The maximum absolute atomic E-state index is 10.4. The van der Waals surface area contributed by atoms with E-state index in [1.165, 1.54) is 19.3 Å². The van der Waals surface area contributed by atoms with Crippen LogP contribution in [0.2, 0.25) is 0 Å². The second-order valence-corrected chi connectivity index (χ2v) is 4.53. The average molecular weight is 201 g/mol. The highest BCUT2D eigenvalue weighted by molar-refractivity contribution is 5.64. The average Bonchev–Trinajstić information content (AvgIpc) is 2.08. The molecular weight excluding hydrogens is 182 g/mol. The van der Waals surface area contributed by atoms with Crippen molar-refractivity contribution >= 4 is 6.09 Å². The van der Waals surface area contributed by atoms with Crippen molar-refractivity contribution in [2.24, 2.45) is 5.41 Å². The van der Waals surface area contributed by atoms with Gasteiger partial charge in [-0.1, -0.05) is 13.3 Å². The van der Waals surface area contributed by atoms with Gasteiger partial charge in [-0.25, -0.2) is 4.79 Å². The molecular formula is C10H19NO3. The lowest BCUT2D eigenvalue weighted by molar-refractivity contribution is 0.124. The first-order valence-electron chi connectivity index (χ1n) is 5.16. The summed E-state index contributed by atoms with van der Waals surface area (Å²) in [5.41, 5.74) is 0.396. The highest BCUT2D eigenvalue weighted by Crippen LogP contribution is 2.44. The van der Waals surface area contributed by atoms with E-state index in [9.17, 15) is 4.79 Å². The molecule has 4 nitrogen and oxygen atoms in total. The number of carboxylic acid groups (broad SMARTS) is 1. The molecule has 1 aliphatic carbocycles. The Hall–Kier alpha value is -0.770. The van der Waals surface area contributed by atoms with Crippen LogP contribution in [0.4, 0.5) is 4.79 Å². The predicted octanol–water partition coefficient (Wildman–Crippen LogP) is 1.59. The van der Waals surface area contributed by atoms with Crippen LogP contribution in [-0.2, 0) is 0 Å². The lowest BCUT2D eigenvalue weighted by atomic mass is 9.67. The third-order valence-electron chi connectivity index (χ3n) is 3.20. The minimum Gasteiger partial charge on any atom is -0.465 e. The van der Waals surface area contributed by atoms with Crippen molar-refractivity contribution in [1.29, 1.82) is 0 Å². The summed E-state index contributed by atoms with van der Waals surface area (Å²) >= 11 is 0. The minimum absolute atomic E-state index is 0.109. The fraction of sp³-hybridized carbons (Fsp3) is 0.900. The molecule has 1 atom stereocenters. The van der Waals surface area contributed by atoms with Gasteiger partial charge in [0.1, 0.15) is 0 Å².